The van der Waals surface area contributed by atoms with Crippen molar-refractivity contribution >= 4 is 11.2 Å². The van der Waals surface area contributed by atoms with Crippen LogP contribution >= 0.6 is 0 Å². The molecule has 0 radical (unpaired) electrons. The van der Waals surface area contributed by atoms with Crippen molar-refractivity contribution in [2.75, 3.05) is 11.9 Å². The first-order valence-electron chi connectivity index (χ1n) is 10.1. The molecule has 0 aliphatic heterocycles. The van der Waals surface area contributed by atoms with E-state index in [9.17, 15) is 0 Å². The molecule has 1 N–H and O–H groups in total. The summed E-state index contributed by atoms with van der Waals surface area (Å²) in [4.78, 5) is 13.5. The number of oxazole rings is 1. The summed E-state index contributed by atoms with van der Waals surface area (Å²) >= 11 is 0. The van der Waals surface area contributed by atoms with E-state index in [0.717, 1.165) is 39.7 Å². The van der Waals surface area contributed by atoms with Crippen LogP contribution in [-0.2, 0) is 6.54 Å². The molecule has 0 aromatic carbocycles. The van der Waals surface area contributed by atoms with E-state index in [1.54, 1.807) is 12.5 Å². The van der Waals surface area contributed by atoms with Gasteiger partial charge in [0.25, 0.3) is 0 Å². The van der Waals surface area contributed by atoms with E-state index in [4.69, 9.17) is 19.2 Å². The fourth-order valence-electron chi connectivity index (χ4n) is 3.44. The Morgan fingerprint density at radius 2 is 2.07 bits per heavy atom. The third-order valence-electron chi connectivity index (χ3n) is 4.79. The molecule has 4 rings (SSSR count). The fourth-order valence-corrected chi connectivity index (χ4v) is 3.44. The zero-order valence-corrected chi connectivity index (χ0v) is 17.9. The molecule has 0 amide bonds. The second kappa shape index (κ2) is 8.14. The number of aryl methyl sites for hydroxylation is 2. The summed E-state index contributed by atoms with van der Waals surface area (Å²) in [5, 5.41) is 8.37. The maximum Gasteiger partial charge on any atom is 0.222 e. The molecule has 0 saturated carbocycles. The number of aromatic nitrogens is 5. The zero-order chi connectivity index (χ0) is 21.3. The fraction of sp³-hybridized carbons (Fsp3) is 0.364. The third-order valence-corrected chi connectivity index (χ3v) is 4.79. The Labute approximate surface area is 175 Å². The monoisotopic (exact) mass is 406 g/mol. The quantitative estimate of drug-likeness (QED) is 0.482. The van der Waals surface area contributed by atoms with Crippen molar-refractivity contribution in [3.8, 4) is 17.1 Å². The second-order valence-electron chi connectivity index (χ2n) is 7.40. The predicted octanol–water partition coefficient (Wildman–Crippen LogP) is 4.53. The second-order valence-corrected chi connectivity index (χ2v) is 7.40. The number of nitrogens with one attached hydrogen (secondary N) is 1. The van der Waals surface area contributed by atoms with Crippen molar-refractivity contribution in [3.05, 3.63) is 53.8 Å². The van der Waals surface area contributed by atoms with Gasteiger partial charge in [-0.1, -0.05) is 13.8 Å². The molecule has 0 spiro atoms. The lowest BCUT2D eigenvalue weighted by molar-refractivity contribution is 0.328. The third kappa shape index (κ3) is 3.72. The van der Waals surface area contributed by atoms with Crippen LogP contribution < -0.4 is 10.1 Å². The minimum atomic E-state index is 0.258. The molecule has 4 heterocycles. The standard InChI is InChI=1S/C22H26N6O2/c1-6-29-22-17(8-7-9-23-22)18-10-19(24-11-16-12-30-15(5)26-16)21-20(13(2)3)25-14(4)28(21)27-18/h7-10,12-13,24H,6,11H2,1-5H3. The van der Waals surface area contributed by atoms with Crippen molar-refractivity contribution in [1.29, 1.82) is 0 Å². The highest BCUT2D eigenvalue weighted by molar-refractivity contribution is 5.80. The molecule has 0 aliphatic rings. The largest absolute Gasteiger partial charge is 0.477 e. The van der Waals surface area contributed by atoms with Crippen LogP contribution in [0.15, 0.2) is 35.1 Å². The van der Waals surface area contributed by atoms with E-state index in [1.165, 1.54) is 0 Å². The summed E-state index contributed by atoms with van der Waals surface area (Å²) in [6, 6.07) is 5.87. The number of imidazole rings is 1. The molecule has 0 atom stereocenters. The minimum Gasteiger partial charge on any atom is -0.477 e. The zero-order valence-electron chi connectivity index (χ0n) is 17.9. The first kappa shape index (κ1) is 19.9. The van der Waals surface area contributed by atoms with Gasteiger partial charge in [0.15, 0.2) is 5.89 Å². The summed E-state index contributed by atoms with van der Waals surface area (Å²) in [5.74, 6) is 2.30. The Balaban J connectivity index is 1.86. The molecule has 4 aromatic rings. The molecule has 30 heavy (non-hydrogen) atoms. The topological polar surface area (TPSA) is 90.4 Å². The number of anilines is 1. The molecule has 0 unspecified atom stereocenters. The molecule has 8 heteroatoms. The molecule has 0 saturated heterocycles. The molecule has 8 nitrogen and oxygen atoms in total. The number of nitrogens with zero attached hydrogens (tertiary/aromatic N) is 5. The summed E-state index contributed by atoms with van der Waals surface area (Å²) in [5.41, 5.74) is 5.32. The van der Waals surface area contributed by atoms with Crippen LogP contribution in [0.5, 0.6) is 5.88 Å². The Bertz CT molecular complexity index is 1180. The molecular formula is C22H26N6O2. The number of hydrogen-bond acceptors (Lipinski definition) is 7. The van der Waals surface area contributed by atoms with Crippen molar-refractivity contribution in [2.45, 2.75) is 47.1 Å². The van der Waals surface area contributed by atoms with Gasteiger partial charge in [-0.05, 0) is 38.0 Å². The first-order chi connectivity index (χ1) is 14.5. The smallest absolute Gasteiger partial charge is 0.222 e. The van der Waals surface area contributed by atoms with Gasteiger partial charge in [-0.3, -0.25) is 0 Å². The normalized spacial score (nSPS) is 11.4. The Morgan fingerprint density at radius 3 is 2.77 bits per heavy atom. The van der Waals surface area contributed by atoms with Crippen LogP contribution in [0.3, 0.4) is 0 Å². The summed E-state index contributed by atoms with van der Waals surface area (Å²) in [6.45, 7) is 11.1. The number of hydrogen-bond donors (Lipinski definition) is 1. The van der Waals surface area contributed by atoms with E-state index >= 15 is 0 Å². The van der Waals surface area contributed by atoms with Gasteiger partial charge in [-0.15, -0.1) is 0 Å². The predicted molar refractivity (Wildman–Crippen MR) is 115 cm³/mol. The van der Waals surface area contributed by atoms with Crippen molar-refractivity contribution < 1.29 is 9.15 Å². The first-order valence-corrected chi connectivity index (χ1v) is 10.1. The maximum absolute atomic E-state index is 5.73. The highest BCUT2D eigenvalue weighted by Gasteiger charge is 2.20. The van der Waals surface area contributed by atoms with Gasteiger partial charge in [0, 0.05) is 13.1 Å². The molecular weight excluding hydrogens is 380 g/mol. The Kier molecular flexibility index (Phi) is 5.39. The Hall–Kier alpha value is -3.42. The summed E-state index contributed by atoms with van der Waals surface area (Å²) in [7, 11) is 0. The van der Waals surface area contributed by atoms with Gasteiger partial charge in [0.2, 0.25) is 5.88 Å². The van der Waals surface area contributed by atoms with Crippen LogP contribution in [0.25, 0.3) is 16.8 Å². The van der Waals surface area contributed by atoms with E-state index in [2.05, 4.69) is 29.1 Å². The van der Waals surface area contributed by atoms with Crippen LogP contribution in [0.2, 0.25) is 0 Å². The Morgan fingerprint density at radius 1 is 1.23 bits per heavy atom. The molecule has 0 aliphatic carbocycles. The summed E-state index contributed by atoms with van der Waals surface area (Å²) < 4.78 is 13.0. The van der Waals surface area contributed by atoms with Crippen molar-refractivity contribution in [1.82, 2.24) is 24.6 Å². The minimum absolute atomic E-state index is 0.258. The van der Waals surface area contributed by atoms with Gasteiger partial charge >= 0.3 is 0 Å². The average Bonchev–Trinajstić information content (AvgIpc) is 3.30. The van der Waals surface area contributed by atoms with Gasteiger partial charge in [-0.2, -0.15) is 5.10 Å². The van der Waals surface area contributed by atoms with Crippen molar-refractivity contribution in [3.63, 3.8) is 0 Å². The highest BCUT2D eigenvalue weighted by atomic mass is 16.5. The molecule has 0 bridgehead atoms. The maximum atomic E-state index is 5.73. The van der Waals surface area contributed by atoms with Crippen LogP contribution in [0.1, 0.15) is 49.8 Å². The summed E-state index contributed by atoms with van der Waals surface area (Å²) in [6.07, 6.45) is 3.39. The van der Waals surface area contributed by atoms with Gasteiger partial charge in [0.05, 0.1) is 41.5 Å². The average molecular weight is 406 g/mol. The van der Waals surface area contributed by atoms with Gasteiger partial charge in [0.1, 0.15) is 17.6 Å². The number of ether oxygens (including phenoxy) is 1. The van der Waals surface area contributed by atoms with Crippen LogP contribution in [-0.4, -0.2) is 31.2 Å². The SMILES string of the molecule is CCOc1ncccc1-c1cc(NCc2coc(C)n2)c2c(C(C)C)nc(C)n2n1. The van der Waals surface area contributed by atoms with Crippen LogP contribution in [0, 0.1) is 13.8 Å². The lowest BCUT2D eigenvalue weighted by Gasteiger charge is -2.13. The van der Waals surface area contributed by atoms with Crippen molar-refractivity contribution in [2.24, 2.45) is 0 Å². The van der Waals surface area contributed by atoms with E-state index in [0.29, 0.717) is 24.9 Å². The molecule has 156 valence electrons. The number of rotatable bonds is 7. The van der Waals surface area contributed by atoms with E-state index in [1.807, 2.05) is 43.5 Å². The molecule has 4 aromatic heterocycles. The van der Waals surface area contributed by atoms with E-state index < -0.39 is 0 Å². The lowest BCUT2D eigenvalue weighted by Crippen LogP contribution is -2.07. The van der Waals surface area contributed by atoms with Gasteiger partial charge in [-0.25, -0.2) is 19.5 Å². The van der Waals surface area contributed by atoms with Crippen LogP contribution in [0.4, 0.5) is 5.69 Å². The number of pyridine rings is 1. The van der Waals surface area contributed by atoms with E-state index in [-0.39, 0.29) is 5.92 Å². The lowest BCUT2D eigenvalue weighted by atomic mass is 10.1. The highest BCUT2D eigenvalue weighted by Crippen LogP contribution is 2.33. The number of fused-ring (bicyclic) bond motifs is 1. The van der Waals surface area contributed by atoms with Gasteiger partial charge < -0.3 is 14.5 Å². The molecule has 0 fully saturated rings.